The van der Waals surface area contributed by atoms with Gasteiger partial charge in [-0.25, -0.2) is 5.43 Å². The van der Waals surface area contributed by atoms with E-state index in [9.17, 15) is 9.59 Å². The van der Waals surface area contributed by atoms with Crippen LogP contribution < -0.4 is 10.7 Å². The van der Waals surface area contributed by atoms with E-state index in [2.05, 4.69) is 15.8 Å². The van der Waals surface area contributed by atoms with Gasteiger partial charge in [-0.15, -0.1) is 0 Å². The lowest BCUT2D eigenvalue weighted by Gasteiger charge is -2.01. The molecule has 3 rings (SSSR count). The number of carbonyl (C=O) groups is 2. The van der Waals surface area contributed by atoms with Crippen LogP contribution in [0.15, 0.2) is 62.7 Å². The second kappa shape index (κ2) is 8.57. The van der Waals surface area contributed by atoms with Gasteiger partial charge in [0.15, 0.2) is 5.76 Å². The third-order valence-electron chi connectivity index (χ3n) is 3.36. The largest absolute Gasteiger partial charge is 0.459 e. The monoisotopic (exact) mass is 405 g/mol. The lowest BCUT2D eigenvalue weighted by Crippen LogP contribution is -2.34. The van der Waals surface area contributed by atoms with Crippen LogP contribution in [0.1, 0.15) is 16.3 Å². The number of hydrogen-bond donors (Lipinski definition) is 2. The topological polar surface area (TPSA) is 96.8 Å². The van der Waals surface area contributed by atoms with Crippen LogP contribution in [-0.4, -0.2) is 24.6 Å². The van der Waals surface area contributed by atoms with E-state index in [1.165, 1.54) is 18.5 Å². The van der Waals surface area contributed by atoms with Gasteiger partial charge in [-0.05, 0) is 42.5 Å². The van der Waals surface area contributed by atoms with E-state index < -0.39 is 11.8 Å². The molecule has 2 N–H and O–H groups in total. The summed E-state index contributed by atoms with van der Waals surface area (Å²) in [5, 5.41) is 7.21. The first-order chi connectivity index (χ1) is 13.0. The Kier molecular flexibility index (Phi) is 5.95. The third kappa shape index (κ3) is 4.99. The summed E-state index contributed by atoms with van der Waals surface area (Å²) in [6.45, 7) is -0.252. The molecule has 0 aliphatic carbocycles. The van der Waals surface area contributed by atoms with Crippen molar-refractivity contribution in [3.63, 3.8) is 0 Å². The first-order valence-electron chi connectivity index (χ1n) is 7.72. The molecule has 0 bridgehead atoms. The molecular formula is C18H13Cl2N3O4. The molecule has 0 atom stereocenters. The maximum Gasteiger partial charge on any atom is 0.287 e. The molecule has 0 aliphatic rings. The lowest BCUT2D eigenvalue weighted by atomic mass is 10.2. The molecule has 2 heterocycles. The zero-order valence-corrected chi connectivity index (χ0v) is 15.3. The van der Waals surface area contributed by atoms with Crippen LogP contribution in [0.3, 0.4) is 0 Å². The summed E-state index contributed by atoms with van der Waals surface area (Å²) in [6, 6.07) is 11.5. The molecule has 7 nitrogen and oxygen atoms in total. The van der Waals surface area contributed by atoms with E-state index in [1.54, 1.807) is 36.4 Å². The van der Waals surface area contributed by atoms with Gasteiger partial charge in [0.05, 0.1) is 24.0 Å². The van der Waals surface area contributed by atoms with Crippen molar-refractivity contribution < 1.29 is 18.4 Å². The van der Waals surface area contributed by atoms with Crippen molar-refractivity contribution in [2.24, 2.45) is 5.10 Å². The van der Waals surface area contributed by atoms with Crippen molar-refractivity contribution in [2.75, 3.05) is 6.54 Å². The highest BCUT2D eigenvalue weighted by atomic mass is 35.5. The van der Waals surface area contributed by atoms with Crippen LogP contribution in [0.25, 0.3) is 11.3 Å². The Morgan fingerprint density at radius 1 is 1.15 bits per heavy atom. The van der Waals surface area contributed by atoms with E-state index in [1.807, 2.05) is 0 Å². The zero-order chi connectivity index (χ0) is 19.2. The Labute approximate surface area is 163 Å². The smallest absolute Gasteiger partial charge is 0.287 e. The number of rotatable bonds is 6. The summed E-state index contributed by atoms with van der Waals surface area (Å²) in [4.78, 5) is 23.3. The highest BCUT2D eigenvalue weighted by molar-refractivity contribution is 6.35. The summed E-state index contributed by atoms with van der Waals surface area (Å²) in [5.41, 5.74) is 2.93. The SMILES string of the molecule is O=C(CNC(=O)c1ccco1)NN=Cc1ccc(-c2cc(Cl)ccc2Cl)o1. The van der Waals surface area contributed by atoms with Crippen molar-refractivity contribution in [1.29, 1.82) is 0 Å². The fourth-order valence-electron chi connectivity index (χ4n) is 2.12. The normalized spacial score (nSPS) is 10.9. The predicted octanol–water partition coefficient (Wildman–Crippen LogP) is 3.73. The van der Waals surface area contributed by atoms with Gasteiger partial charge in [0.1, 0.15) is 11.5 Å². The molecule has 1 aromatic carbocycles. The fraction of sp³-hybridized carbons (Fsp3) is 0.0556. The summed E-state index contributed by atoms with van der Waals surface area (Å²) < 4.78 is 10.5. The van der Waals surface area contributed by atoms with Crippen LogP contribution in [0, 0.1) is 0 Å². The average Bonchev–Trinajstić information content (AvgIpc) is 3.34. The average molecular weight is 406 g/mol. The van der Waals surface area contributed by atoms with Crippen molar-refractivity contribution in [2.45, 2.75) is 0 Å². The van der Waals surface area contributed by atoms with Crippen molar-refractivity contribution in [1.82, 2.24) is 10.7 Å². The number of amides is 2. The van der Waals surface area contributed by atoms with Gasteiger partial charge in [-0.1, -0.05) is 23.2 Å². The molecule has 3 aromatic rings. The quantitative estimate of drug-likeness (QED) is 0.482. The number of furan rings is 2. The Morgan fingerprint density at radius 3 is 2.78 bits per heavy atom. The van der Waals surface area contributed by atoms with Crippen molar-refractivity contribution >= 4 is 41.2 Å². The molecule has 0 saturated carbocycles. The van der Waals surface area contributed by atoms with Crippen LogP contribution in [0.5, 0.6) is 0 Å². The predicted molar refractivity (Wildman–Crippen MR) is 101 cm³/mol. The van der Waals surface area contributed by atoms with E-state index in [0.29, 0.717) is 27.1 Å². The molecular weight excluding hydrogens is 393 g/mol. The second-order valence-corrected chi connectivity index (χ2v) is 6.12. The highest BCUT2D eigenvalue weighted by Gasteiger charge is 2.10. The molecule has 2 amide bonds. The molecule has 9 heteroatoms. The van der Waals surface area contributed by atoms with E-state index in [-0.39, 0.29) is 12.3 Å². The number of nitrogens with zero attached hydrogens (tertiary/aromatic N) is 1. The van der Waals surface area contributed by atoms with Crippen LogP contribution in [0.4, 0.5) is 0 Å². The van der Waals surface area contributed by atoms with E-state index in [4.69, 9.17) is 32.0 Å². The number of carbonyl (C=O) groups excluding carboxylic acids is 2. The highest BCUT2D eigenvalue weighted by Crippen LogP contribution is 2.31. The number of halogens is 2. The molecule has 0 unspecified atom stereocenters. The van der Waals surface area contributed by atoms with Crippen LogP contribution >= 0.6 is 23.2 Å². The third-order valence-corrected chi connectivity index (χ3v) is 3.92. The number of benzene rings is 1. The molecule has 2 aromatic heterocycles. The Hall–Kier alpha value is -3.03. The molecule has 27 heavy (non-hydrogen) atoms. The number of nitrogens with one attached hydrogen (secondary N) is 2. The Balaban J connectivity index is 1.53. The van der Waals surface area contributed by atoms with Crippen LogP contribution in [0.2, 0.25) is 10.0 Å². The summed E-state index contributed by atoms with van der Waals surface area (Å²) in [5.74, 6) is 0.0417. The summed E-state index contributed by atoms with van der Waals surface area (Å²) in [7, 11) is 0. The molecule has 0 saturated heterocycles. The lowest BCUT2D eigenvalue weighted by molar-refractivity contribution is -0.120. The number of hydrazone groups is 1. The summed E-state index contributed by atoms with van der Waals surface area (Å²) >= 11 is 12.1. The molecule has 0 spiro atoms. The van der Waals surface area contributed by atoms with Crippen molar-refractivity contribution in [3.05, 3.63) is 70.3 Å². The fourth-order valence-corrected chi connectivity index (χ4v) is 2.50. The van der Waals surface area contributed by atoms with Gasteiger partial charge in [0.25, 0.3) is 11.8 Å². The molecule has 0 radical (unpaired) electrons. The maximum atomic E-state index is 11.7. The molecule has 138 valence electrons. The van der Waals surface area contributed by atoms with E-state index >= 15 is 0 Å². The molecule has 0 fully saturated rings. The van der Waals surface area contributed by atoms with Crippen molar-refractivity contribution in [3.8, 4) is 11.3 Å². The van der Waals surface area contributed by atoms with Gasteiger partial charge in [0, 0.05) is 10.6 Å². The second-order valence-electron chi connectivity index (χ2n) is 5.28. The van der Waals surface area contributed by atoms with E-state index in [0.717, 1.165) is 0 Å². The maximum absolute atomic E-state index is 11.7. The van der Waals surface area contributed by atoms with Gasteiger partial charge in [-0.2, -0.15) is 5.10 Å². The molecule has 0 aliphatic heterocycles. The minimum Gasteiger partial charge on any atom is -0.459 e. The first-order valence-corrected chi connectivity index (χ1v) is 8.47. The first kappa shape index (κ1) is 18.8. The van der Waals surface area contributed by atoms with Crippen LogP contribution in [-0.2, 0) is 4.79 Å². The zero-order valence-electron chi connectivity index (χ0n) is 13.7. The van der Waals surface area contributed by atoms with Gasteiger partial charge in [0.2, 0.25) is 0 Å². The number of hydrogen-bond acceptors (Lipinski definition) is 5. The summed E-state index contributed by atoms with van der Waals surface area (Å²) in [6.07, 6.45) is 2.70. The standard InChI is InChI=1S/C18H13Cl2N3O4/c19-11-3-5-14(20)13(8-11)15-6-4-12(27-15)9-22-23-17(24)10-21-18(25)16-2-1-7-26-16/h1-9H,10H2,(H,21,25)(H,23,24). The van der Waals surface area contributed by atoms with Gasteiger partial charge < -0.3 is 14.2 Å². The van der Waals surface area contributed by atoms with Gasteiger partial charge >= 0.3 is 0 Å². The van der Waals surface area contributed by atoms with Gasteiger partial charge in [-0.3, -0.25) is 9.59 Å². The minimum absolute atomic E-state index is 0.120. The minimum atomic E-state index is -0.504. The Morgan fingerprint density at radius 2 is 2.00 bits per heavy atom. The Bertz CT molecular complexity index is 980.